The zero-order valence-electron chi connectivity index (χ0n) is 12.0. The van der Waals surface area contributed by atoms with Gasteiger partial charge >= 0.3 is 0 Å². The van der Waals surface area contributed by atoms with Crippen LogP contribution in [0.3, 0.4) is 0 Å². The summed E-state index contributed by atoms with van der Waals surface area (Å²) in [6.07, 6.45) is 4.79. The SMILES string of the molecule is CCOc1cncc(N2CCC(OCC(C)C)C2)n1. The topological polar surface area (TPSA) is 47.5 Å². The van der Waals surface area contributed by atoms with Crippen molar-refractivity contribution in [2.75, 3.05) is 31.2 Å². The first-order valence-corrected chi connectivity index (χ1v) is 7.00. The molecule has 1 fully saturated rings. The molecule has 0 bridgehead atoms. The van der Waals surface area contributed by atoms with E-state index in [2.05, 4.69) is 28.7 Å². The molecule has 1 aliphatic heterocycles. The first-order valence-electron chi connectivity index (χ1n) is 7.00. The zero-order valence-corrected chi connectivity index (χ0v) is 12.0. The lowest BCUT2D eigenvalue weighted by Gasteiger charge is -2.18. The van der Waals surface area contributed by atoms with Crippen molar-refractivity contribution in [3.63, 3.8) is 0 Å². The van der Waals surface area contributed by atoms with E-state index in [1.54, 1.807) is 12.4 Å². The Labute approximate surface area is 115 Å². The minimum Gasteiger partial charge on any atom is -0.477 e. The summed E-state index contributed by atoms with van der Waals surface area (Å²) in [6, 6.07) is 0. The van der Waals surface area contributed by atoms with Gasteiger partial charge in [-0.1, -0.05) is 13.8 Å². The van der Waals surface area contributed by atoms with Crippen molar-refractivity contribution in [3.05, 3.63) is 12.4 Å². The summed E-state index contributed by atoms with van der Waals surface area (Å²) in [4.78, 5) is 10.8. The number of hydrogen-bond acceptors (Lipinski definition) is 5. The largest absolute Gasteiger partial charge is 0.477 e. The molecule has 2 rings (SSSR count). The molecule has 0 spiro atoms. The highest BCUT2D eigenvalue weighted by Crippen LogP contribution is 2.21. The molecule has 5 nitrogen and oxygen atoms in total. The third-order valence-electron chi connectivity index (χ3n) is 3.03. The van der Waals surface area contributed by atoms with E-state index in [1.807, 2.05) is 6.92 Å². The van der Waals surface area contributed by atoms with Gasteiger partial charge in [-0.25, -0.2) is 0 Å². The summed E-state index contributed by atoms with van der Waals surface area (Å²) in [5.41, 5.74) is 0. The molecule has 1 aromatic heterocycles. The molecule has 106 valence electrons. The smallest absolute Gasteiger partial charge is 0.234 e. The van der Waals surface area contributed by atoms with E-state index < -0.39 is 0 Å². The molecule has 0 amide bonds. The van der Waals surface area contributed by atoms with Crippen LogP contribution >= 0.6 is 0 Å². The van der Waals surface area contributed by atoms with Gasteiger partial charge in [0, 0.05) is 19.7 Å². The number of rotatable bonds is 6. The van der Waals surface area contributed by atoms with Gasteiger partial charge in [0.15, 0.2) is 5.82 Å². The van der Waals surface area contributed by atoms with Gasteiger partial charge in [-0.15, -0.1) is 0 Å². The minimum atomic E-state index is 0.306. The van der Waals surface area contributed by atoms with E-state index in [0.717, 1.165) is 31.9 Å². The van der Waals surface area contributed by atoms with Crippen LogP contribution < -0.4 is 9.64 Å². The minimum absolute atomic E-state index is 0.306. The molecule has 2 heterocycles. The van der Waals surface area contributed by atoms with Gasteiger partial charge in [-0.05, 0) is 19.3 Å². The fourth-order valence-electron chi connectivity index (χ4n) is 2.11. The molecular formula is C14H23N3O2. The van der Waals surface area contributed by atoms with Crippen molar-refractivity contribution in [2.24, 2.45) is 5.92 Å². The Bertz CT molecular complexity index is 398. The maximum absolute atomic E-state index is 5.87. The van der Waals surface area contributed by atoms with Crippen LogP contribution in [0.4, 0.5) is 5.82 Å². The summed E-state index contributed by atoms with van der Waals surface area (Å²) in [5.74, 6) is 2.04. The highest BCUT2D eigenvalue weighted by molar-refractivity contribution is 5.39. The van der Waals surface area contributed by atoms with Crippen LogP contribution in [0.25, 0.3) is 0 Å². The molecule has 0 aromatic carbocycles. The summed E-state index contributed by atoms with van der Waals surface area (Å²) in [7, 11) is 0. The van der Waals surface area contributed by atoms with Gasteiger partial charge in [0.25, 0.3) is 0 Å². The molecule has 0 radical (unpaired) electrons. The maximum Gasteiger partial charge on any atom is 0.234 e. The van der Waals surface area contributed by atoms with Gasteiger partial charge in [0.2, 0.25) is 5.88 Å². The second kappa shape index (κ2) is 6.70. The maximum atomic E-state index is 5.87. The van der Waals surface area contributed by atoms with Crippen LogP contribution in [0.1, 0.15) is 27.2 Å². The quantitative estimate of drug-likeness (QED) is 0.788. The van der Waals surface area contributed by atoms with Crippen molar-refractivity contribution in [1.82, 2.24) is 9.97 Å². The van der Waals surface area contributed by atoms with E-state index >= 15 is 0 Å². The summed E-state index contributed by atoms with van der Waals surface area (Å²) >= 11 is 0. The molecule has 1 aliphatic rings. The van der Waals surface area contributed by atoms with Crippen molar-refractivity contribution in [3.8, 4) is 5.88 Å². The molecule has 1 unspecified atom stereocenters. The van der Waals surface area contributed by atoms with Crippen molar-refractivity contribution < 1.29 is 9.47 Å². The third-order valence-corrected chi connectivity index (χ3v) is 3.03. The van der Waals surface area contributed by atoms with E-state index in [9.17, 15) is 0 Å². The number of anilines is 1. The van der Waals surface area contributed by atoms with Gasteiger partial charge in [0.1, 0.15) is 0 Å². The average Bonchev–Trinajstić information content (AvgIpc) is 2.86. The predicted octanol–water partition coefficient (Wildman–Crippen LogP) is 2.13. The predicted molar refractivity (Wildman–Crippen MR) is 74.6 cm³/mol. The summed E-state index contributed by atoms with van der Waals surface area (Å²) in [5, 5.41) is 0. The lowest BCUT2D eigenvalue weighted by atomic mass is 10.2. The van der Waals surface area contributed by atoms with E-state index in [4.69, 9.17) is 9.47 Å². The van der Waals surface area contributed by atoms with Crippen LogP contribution in [-0.4, -0.2) is 42.4 Å². The van der Waals surface area contributed by atoms with Gasteiger partial charge < -0.3 is 14.4 Å². The zero-order chi connectivity index (χ0) is 13.7. The molecule has 1 atom stereocenters. The van der Waals surface area contributed by atoms with E-state index in [-0.39, 0.29) is 0 Å². The lowest BCUT2D eigenvalue weighted by Crippen LogP contribution is -2.24. The van der Waals surface area contributed by atoms with Gasteiger partial charge in [-0.2, -0.15) is 4.98 Å². The Morgan fingerprint density at radius 3 is 3.00 bits per heavy atom. The molecule has 1 aromatic rings. The molecule has 0 aliphatic carbocycles. The molecule has 19 heavy (non-hydrogen) atoms. The Balaban J connectivity index is 1.91. The second-order valence-corrected chi connectivity index (χ2v) is 5.23. The molecular weight excluding hydrogens is 242 g/mol. The van der Waals surface area contributed by atoms with Crippen LogP contribution in [0, 0.1) is 5.92 Å². The lowest BCUT2D eigenvalue weighted by molar-refractivity contribution is 0.0497. The summed E-state index contributed by atoms with van der Waals surface area (Å²) in [6.45, 7) is 9.57. The molecule has 1 saturated heterocycles. The number of ether oxygens (including phenoxy) is 2. The molecule has 5 heteroatoms. The first kappa shape index (κ1) is 14.1. The standard InChI is InChI=1S/C14H23N3O2/c1-4-18-14-8-15-7-13(16-14)17-6-5-12(9-17)19-10-11(2)3/h7-8,11-12H,4-6,9-10H2,1-3H3. The highest BCUT2D eigenvalue weighted by atomic mass is 16.5. The second-order valence-electron chi connectivity index (χ2n) is 5.23. The Hall–Kier alpha value is -1.36. The van der Waals surface area contributed by atoms with Crippen LogP contribution in [0.2, 0.25) is 0 Å². The highest BCUT2D eigenvalue weighted by Gasteiger charge is 2.24. The number of aromatic nitrogens is 2. The first-order chi connectivity index (χ1) is 9.19. The average molecular weight is 265 g/mol. The third kappa shape index (κ3) is 4.06. The van der Waals surface area contributed by atoms with E-state index in [1.165, 1.54) is 0 Å². The van der Waals surface area contributed by atoms with E-state index in [0.29, 0.717) is 24.5 Å². The fourth-order valence-corrected chi connectivity index (χ4v) is 2.11. The molecule has 0 saturated carbocycles. The normalized spacial score (nSPS) is 19.2. The van der Waals surface area contributed by atoms with Crippen LogP contribution in [0.15, 0.2) is 12.4 Å². The van der Waals surface area contributed by atoms with Crippen LogP contribution in [-0.2, 0) is 4.74 Å². The molecule has 0 N–H and O–H groups in total. The number of hydrogen-bond donors (Lipinski definition) is 0. The van der Waals surface area contributed by atoms with Crippen molar-refractivity contribution in [2.45, 2.75) is 33.3 Å². The Morgan fingerprint density at radius 1 is 1.42 bits per heavy atom. The van der Waals surface area contributed by atoms with Gasteiger partial charge in [-0.3, -0.25) is 4.98 Å². The fraction of sp³-hybridized carbons (Fsp3) is 0.714. The Kier molecular flexibility index (Phi) is 4.96. The monoisotopic (exact) mass is 265 g/mol. The Morgan fingerprint density at radius 2 is 2.26 bits per heavy atom. The van der Waals surface area contributed by atoms with Gasteiger partial charge in [0.05, 0.1) is 25.1 Å². The number of nitrogens with zero attached hydrogens (tertiary/aromatic N) is 3. The van der Waals surface area contributed by atoms with Crippen LogP contribution in [0.5, 0.6) is 5.88 Å². The summed E-state index contributed by atoms with van der Waals surface area (Å²) < 4.78 is 11.3. The van der Waals surface area contributed by atoms with Crippen molar-refractivity contribution in [1.29, 1.82) is 0 Å². The van der Waals surface area contributed by atoms with Crippen molar-refractivity contribution >= 4 is 5.82 Å².